The molecule has 5 nitrogen and oxygen atoms in total. The van der Waals surface area contributed by atoms with Gasteiger partial charge < -0.3 is 10.4 Å². The molecule has 2 aromatic rings. The molecule has 0 unspecified atom stereocenters. The van der Waals surface area contributed by atoms with Gasteiger partial charge in [0.2, 0.25) is 5.91 Å². The van der Waals surface area contributed by atoms with Gasteiger partial charge in [-0.1, -0.05) is 29.3 Å². The topological polar surface area (TPSA) is 67.2 Å². The number of carbonyl (C=O) groups is 1. The lowest BCUT2D eigenvalue weighted by molar-refractivity contribution is -0.120. The van der Waals surface area contributed by atoms with Crippen molar-refractivity contribution in [3.05, 3.63) is 51.8 Å². The predicted molar refractivity (Wildman–Crippen MR) is 81.3 cm³/mol. The lowest BCUT2D eigenvalue weighted by atomic mass is 10.1. The third kappa shape index (κ3) is 4.20. The number of rotatable bonds is 5. The van der Waals surface area contributed by atoms with Crippen molar-refractivity contribution in [3.63, 3.8) is 0 Å². The fourth-order valence-electron chi connectivity index (χ4n) is 1.95. The second-order valence-corrected chi connectivity index (χ2v) is 5.47. The van der Waals surface area contributed by atoms with Gasteiger partial charge in [0.25, 0.3) is 0 Å². The molecular weight excluding hydrogens is 313 g/mol. The highest BCUT2D eigenvalue weighted by atomic mass is 35.5. The highest BCUT2D eigenvalue weighted by molar-refractivity contribution is 6.36. The average molecular weight is 328 g/mol. The zero-order valence-corrected chi connectivity index (χ0v) is 12.9. The van der Waals surface area contributed by atoms with Crippen molar-refractivity contribution in [3.8, 4) is 0 Å². The van der Waals surface area contributed by atoms with Crippen molar-refractivity contribution >= 4 is 29.1 Å². The van der Waals surface area contributed by atoms with Crippen molar-refractivity contribution in [1.29, 1.82) is 0 Å². The fourth-order valence-corrected chi connectivity index (χ4v) is 2.60. The normalized spacial score (nSPS) is 12.2. The lowest BCUT2D eigenvalue weighted by Gasteiger charge is -2.15. The zero-order chi connectivity index (χ0) is 15.4. The first-order valence-corrected chi connectivity index (χ1v) is 7.09. The maximum absolute atomic E-state index is 11.8. The molecule has 1 amide bonds. The number of hydrogen-bond acceptors (Lipinski definition) is 3. The first kappa shape index (κ1) is 15.8. The van der Waals surface area contributed by atoms with Crippen molar-refractivity contribution < 1.29 is 9.90 Å². The molecule has 1 aromatic carbocycles. The maximum atomic E-state index is 11.8. The van der Waals surface area contributed by atoms with Crippen LogP contribution in [0.5, 0.6) is 0 Å². The van der Waals surface area contributed by atoms with Gasteiger partial charge in [-0.3, -0.25) is 9.48 Å². The molecule has 112 valence electrons. The van der Waals surface area contributed by atoms with E-state index in [0.717, 1.165) is 5.56 Å². The minimum Gasteiger partial charge on any atom is -0.386 e. The van der Waals surface area contributed by atoms with Crippen molar-refractivity contribution in [2.75, 3.05) is 6.54 Å². The number of nitrogens with zero attached hydrogens (tertiary/aromatic N) is 2. The summed E-state index contributed by atoms with van der Waals surface area (Å²) in [5.74, 6) is -0.203. The highest BCUT2D eigenvalue weighted by Gasteiger charge is 2.16. The fraction of sp³-hybridized carbons (Fsp3) is 0.286. The number of aryl methyl sites for hydroxylation is 1. The maximum Gasteiger partial charge on any atom is 0.224 e. The molecular formula is C14H15Cl2N3O2. The molecule has 1 aromatic heterocycles. The number of aliphatic hydroxyl groups is 1. The molecule has 0 aliphatic carbocycles. The first-order valence-electron chi connectivity index (χ1n) is 6.33. The van der Waals surface area contributed by atoms with E-state index in [9.17, 15) is 9.90 Å². The van der Waals surface area contributed by atoms with Gasteiger partial charge in [-0.25, -0.2) is 0 Å². The quantitative estimate of drug-likeness (QED) is 0.883. The van der Waals surface area contributed by atoms with Crippen LogP contribution in [0.25, 0.3) is 0 Å². The summed E-state index contributed by atoms with van der Waals surface area (Å²) in [4.78, 5) is 11.8. The Balaban J connectivity index is 1.91. The number of halogens is 2. The molecule has 0 saturated heterocycles. The Labute approximate surface area is 132 Å². The van der Waals surface area contributed by atoms with E-state index in [0.29, 0.717) is 15.6 Å². The molecule has 7 heteroatoms. The molecule has 2 rings (SSSR count). The number of carbonyl (C=O) groups excluding carboxylic acids is 1. The van der Waals surface area contributed by atoms with Crippen LogP contribution >= 0.6 is 23.2 Å². The monoisotopic (exact) mass is 327 g/mol. The molecule has 0 fully saturated rings. The van der Waals surface area contributed by atoms with E-state index in [1.165, 1.54) is 0 Å². The van der Waals surface area contributed by atoms with E-state index in [1.54, 1.807) is 42.3 Å². The molecule has 21 heavy (non-hydrogen) atoms. The molecule has 1 atom stereocenters. The van der Waals surface area contributed by atoms with Crippen LogP contribution in [-0.4, -0.2) is 27.3 Å². The van der Waals surface area contributed by atoms with Crippen molar-refractivity contribution in [2.24, 2.45) is 7.05 Å². The largest absolute Gasteiger partial charge is 0.386 e. The molecule has 0 aliphatic rings. The van der Waals surface area contributed by atoms with Gasteiger partial charge in [0.1, 0.15) is 0 Å². The third-order valence-corrected chi connectivity index (χ3v) is 3.61. The highest BCUT2D eigenvalue weighted by Crippen LogP contribution is 2.29. The lowest BCUT2D eigenvalue weighted by Crippen LogP contribution is -2.29. The van der Waals surface area contributed by atoms with E-state index < -0.39 is 6.10 Å². The van der Waals surface area contributed by atoms with Gasteiger partial charge >= 0.3 is 0 Å². The van der Waals surface area contributed by atoms with Crippen LogP contribution in [0.2, 0.25) is 10.0 Å². The Kier molecular flexibility index (Phi) is 5.22. The summed E-state index contributed by atoms with van der Waals surface area (Å²) in [5, 5.41) is 17.5. The van der Waals surface area contributed by atoms with E-state index in [4.69, 9.17) is 23.2 Å². The van der Waals surface area contributed by atoms with Gasteiger partial charge in [0.15, 0.2) is 0 Å². The first-order chi connectivity index (χ1) is 9.97. The summed E-state index contributed by atoms with van der Waals surface area (Å²) >= 11 is 12.0. The second-order valence-electron chi connectivity index (χ2n) is 4.65. The van der Waals surface area contributed by atoms with Gasteiger partial charge in [-0.2, -0.15) is 5.10 Å². The number of hydrogen-bond donors (Lipinski definition) is 2. The van der Waals surface area contributed by atoms with E-state index in [2.05, 4.69) is 10.4 Å². The molecule has 0 aliphatic heterocycles. The van der Waals surface area contributed by atoms with Crippen LogP contribution in [0.1, 0.15) is 17.2 Å². The summed E-state index contributed by atoms with van der Waals surface area (Å²) in [7, 11) is 1.78. The van der Waals surface area contributed by atoms with E-state index >= 15 is 0 Å². The molecule has 2 N–H and O–H groups in total. The van der Waals surface area contributed by atoms with Crippen LogP contribution < -0.4 is 5.32 Å². The Morgan fingerprint density at radius 2 is 2.10 bits per heavy atom. The molecule has 0 spiro atoms. The number of aromatic nitrogens is 2. The van der Waals surface area contributed by atoms with Crippen LogP contribution in [-0.2, 0) is 18.3 Å². The standard InChI is InChI=1S/C14H15Cl2N3O2/c1-19-8-9(6-18-19)5-13(21)17-7-12(20)14-10(15)3-2-4-11(14)16/h2-4,6,8,12,20H,5,7H2,1H3,(H,17,21)/t12-/m1/s1. The Morgan fingerprint density at radius 3 is 2.67 bits per heavy atom. The Hall–Kier alpha value is -1.56. The SMILES string of the molecule is Cn1cc(CC(=O)NC[C@@H](O)c2c(Cl)cccc2Cl)cn1. The van der Waals surface area contributed by atoms with E-state index in [-0.39, 0.29) is 18.9 Å². The van der Waals surface area contributed by atoms with Crippen LogP contribution in [0, 0.1) is 0 Å². The third-order valence-electron chi connectivity index (χ3n) is 2.95. The zero-order valence-electron chi connectivity index (χ0n) is 11.4. The Morgan fingerprint density at radius 1 is 1.43 bits per heavy atom. The van der Waals surface area contributed by atoms with Gasteiger partial charge in [-0.05, 0) is 17.7 Å². The average Bonchev–Trinajstić information content (AvgIpc) is 2.81. The summed E-state index contributed by atoms with van der Waals surface area (Å²) in [6.07, 6.45) is 2.64. The summed E-state index contributed by atoms with van der Waals surface area (Å²) in [6.45, 7) is 0.0442. The number of amides is 1. The van der Waals surface area contributed by atoms with Crippen LogP contribution in [0.15, 0.2) is 30.6 Å². The van der Waals surface area contributed by atoms with Crippen LogP contribution in [0.4, 0.5) is 0 Å². The van der Waals surface area contributed by atoms with Gasteiger partial charge in [0.05, 0.1) is 18.7 Å². The molecule has 0 radical (unpaired) electrons. The Bertz CT molecular complexity index is 623. The smallest absolute Gasteiger partial charge is 0.224 e. The minimum atomic E-state index is -0.955. The molecule has 0 bridgehead atoms. The van der Waals surface area contributed by atoms with Gasteiger partial charge in [-0.15, -0.1) is 0 Å². The van der Waals surface area contributed by atoms with Crippen LogP contribution in [0.3, 0.4) is 0 Å². The number of aliphatic hydroxyl groups excluding tert-OH is 1. The summed E-state index contributed by atoms with van der Waals surface area (Å²) in [6, 6.07) is 4.98. The van der Waals surface area contributed by atoms with Crippen molar-refractivity contribution in [1.82, 2.24) is 15.1 Å². The molecule has 0 saturated carbocycles. The predicted octanol–water partition coefficient (Wildman–Crippen LogP) is 2.12. The van der Waals surface area contributed by atoms with E-state index in [1.807, 2.05) is 0 Å². The van der Waals surface area contributed by atoms with Crippen molar-refractivity contribution in [2.45, 2.75) is 12.5 Å². The summed E-state index contributed by atoms with van der Waals surface area (Å²) in [5.41, 5.74) is 1.22. The number of nitrogens with one attached hydrogen (secondary N) is 1. The van der Waals surface area contributed by atoms with Gasteiger partial charge in [0, 0.05) is 35.4 Å². The molecule has 1 heterocycles. The number of benzene rings is 1. The summed E-state index contributed by atoms with van der Waals surface area (Å²) < 4.78 is 1.63. The second kappa shape index (κ2) is 6.93. The minimum absolute atomic E-state index is 0.0442.